The van der Waals surface area contributed by atoms with E-state index in [0.717, 1.165) is 0 Å². The molecule has 0 aliphatic carbocycles. The van der Waals surface area contributed by atoms with Gasteiger partial charge in [0.05, 0.1) is 14.2 Å². The van der Waals surface area contributed by atoms with Crippen LogP contribution in [0.15, 0.2) is 53.0 Å². The van der Waals surface area contributed by atoms with E-state index < -0.39 is 21.7 Å². The predicted molar refractivity (Wildman–Crippen MR) is 112 cm³/mol. The number of ether oxygens (including phenoxy) is 2. The van der Waals surface area contributed by atoms with Gasteiger partial charge in [0, 0.05) is 29.5 Å². The summed E-state index contributed by atoms with van der Waals surface area (Å²) < 4.78 is 50.7. The highest BCUT2D eigenvalue weighted by Gasteiger charge is 2.32. The van der Waals surface area contributed by atoms with Gasteiger partial charge in [0.25, 0.3) is 10.0 Å². The predicted octanol–water partition coefficient (Wildman–Crippen LogP) is 2.54. The lowest BCUT2D eigenvalue weighted by Crippen LogP contribution is -2.25. The molecule has 0 radical (unpaired) electrons. The summed E-state index contributed by atoms with van der Waals surface area (Å²) in [6.07, 6.45) is 0. The number of nitrogens with one attached hydrogen (secondary N) is 2. The molecule has 2 aromatic carbocycles. The van der Waals surface area contributed by atoms with Crippen molar-refractivity contribution in [2.24, 2.45) is 4.99 Å². The maximum atomic E-state index is 13.2. The van der Waals surface area contributed by atoms with Gasteiger partial charge >= 0.3 is 0 Å². The lowest BCUT2D eigenvalue weighted by molar-refractivity contribution is -0.114. The number of sulfonamides is 1. The van der Waals surface area contributed by atoms with E-state index in [1.54, 1.807) is 25.1 Å². The lowest BCUT2D eigenvalue weighted by atomic mass is 10.1. The number of halogens is 1. The molecule has 0 spiro atoms. The Morgan fingerprint density at radius 2 is 1.70 bits per heavy atom. The fourth-order valence-electron chi connectivity index (χ4n) is 2.92. The summed E-state index contributed by atoms with van der Waals surface area (Å²) in [6, 6.07) is 9.99. The van der Waals surface area contributed by atoms with Gasteiger partial charge in [-0.15, -0.1) is 0 Å². The first-order valence-electron chi connectivity index (χ1n) is 8.81. The summed E-state index contributed by atoms with van der Waals surface area (Å²) >= 11 is 0. The number of methoxy groups -OCH3 is 2. The standard InChI is InChI=1S/C20H20FN3O5S/c1-12-19(13-4-6-14(21)7-5-13)30(26,27)24-20(12)22-11-18(25)23-15-8-16(28-2)10-17(9-15)29-3/h4-10H,11H2,1-3H3,(H,22,24)(H,23,25). The summed E-state index contributed by atoms with van der Waals surface area (Å²) in [4.78, 5) is 16.4. The zero-order valence-corrected chi connectivity index (χ0v) is 17.3. The Labute approximate surface area is 173 Å². The van der Waals surface area contributed by atoms with Crippen molar-refractivity contribution in [1.29, 1.82) is 0 Å². The average molecular weight is 433 g/mol. The molecule has 8 nitrogen and oxygen atoms in total. The maximum absolute atomic E-state index is 13.2. The van der Waals surface area contributed by atoms with Crippen LogP contribution < -0.4 is 19.5 Å². The molecule has 0 atom stereocenters. The number of benzene rings is 2. The zero-order chi connectivity index (χ0) is 21.9. The molecule has 0 unspecified atom stereocenters. The Balaban J connectivity index is 1.79. The van der Waals surface area contributed by atoms with Crippen molar-refractivity contribution in [3.8, 4) is 11.5 Å². The van der Waals surface area contributed by atoms with E-state index in [0.29, 0.717) is 28.3 Å². The molecule has 0 saturated carbocycles. The van der Waals surface area contributed by atoms with Crippen molar-refractivity contribution in [3.05, 3.63) is 59.4 Å². The minimum atomic E-state index is -3.86. The first kappa shape index (κ1) is 21.3. The maximum Gasteiger partial charge on any atom is 0.264 e. The van der Waals surface area contributed by atoms with Crippen molar-refractivity contribution in [2.75, 3.05) is 26.1 Å². The van der Waals surface area contributed by atoms with Gasteiger partial charge in [0.1, 0.15) is 34.6 Å². The van der Waals surface area contributed by atoms with Crippen molar-refractivity contribution in [1.82, 2.24) is 4.72 Å². The van der Waals surface area contributed by atoms with Gasteiger partial charge in [-0.3, -0.25) is 14.5 Å². The van der Waals surface area contributed by atoms with Gasteiger partial charge in [0.2, 0.25) is 5.91 Å². The van der Waals surface area contributed by atoms with Crippen LogP contribution in [0.4, 0.5) is 10.1 Å². The largest absolute Gasteiger partial charge is 0.497 e. The Morgan fingerprint density at radius 3 is 2.27 bits per heavy atom. The van der Waals surface area contributed by atoms with Crippen LogP contribution in [-0.4, -0.2) is 40.9 Å². The van der Waals surface area contributed by atoms with Crippen LogP contribution in [0.3, 0.4) is 0 Å². The van der Waals surface area contributed by atoms with Crippen LogP contribution in [0, 0.1) is 5.82 Å². The Bertz CT molecular complexity index is 1120. The summed E-state index contributed by atoms with van der Waals surface area (Å²) in [5.74, 6) is 0.136. The van der Waals surface area contributed by atoms with Crippen molar-refractivity contribution < 1.29 is 27.1 Å². The normalized spacial score (nSPS) is 16.3. The molecule has 1 aliphatic rings. The SMILES string of the molecule is COc1cc(NC(=O)CN=C2NS(=O)(=O)C(c3ccc(F)cc3)=C2C)cc(OC)c1. The molecule has 0 fully saturated rings. The van der Waals surface area contributed by atoms with Crippen LogP contribution in [0.1, 0.15) is 12.5 Å². The first-order chi connectivity index (χ1) is 14.2. The second-order valence-electron chi connectivity index (χ2n) is 6.38. The number of carbonyl (C=O) groups is 1. The minimum absolute atomic E-state index is 0.000750. The number of hydrogen-bond acceptors (Lipinski definition) is 6. The molecule has 0 saturated heterocycles. The summed E-state index contributed by atoms with van der Waals surface area (Å²) in [7, 11) is -0.880. The molecule has 30 heavy (non-hydrogen) atoms. The average Bonchev–Trinajstić information content (AvgIpc) is 2.95. The molecule has 1 aliphatic heterocycles. The van der Waals surface area contributed by atoms with E-state index in [4.69, 9.17) is 9.47 Å². The molecule has 10 heteroatoms. The van der Waals surface area contributed by atoms with Gasteiger partial charge in [-0.05, 0) is 24.6 Å². The highest BCUT2D eigenvalue weighted by atomic mass is 32.2. The number of rotatable bonds is 6. The quantitative estimate of drug-likeness (QED) is 0.728. The molecule has 158 valence electrons. The number of aliphatic imine (C=N–C) groups is 1. The minimum Gasteiger partial charge on any atom is -0.497 e. The van der Waals surface area contributed by atoms with Crippen molar-refractivity contribution >= 4 is 32.4 Å². The molecule has 0 bridgehead atoms. The molecule has 1 heterocycles. The van der Waals surface area contributed by atoms with Crippen LogP contribution in [-0.2, 0) is 14.8 Å². The number of nitrogens with zero attached hydrogens (tertiary/aromatic N) is 1. The van der Waals surface area contributed by atoms with Crippen molar-refractivity contribution in [3.63, 3.8) is 0 Å². The van der Waals surface area contributed by atoms with E-state index >= 15 is 0 Å². The third-order valence-electron chi connectivity index (χ3n) is 4.32. The monoisotopic (exact) mass is 433 g/mol. The van der Waals surface area contributed by atoms with Crippen LogP contribution in [0.5, 0.6) is 11.5 Å². The molecule has 2 aromatic rings. The fraction of sp³-hybridized carbons (Fsp3) is 0.200. The van der Waals surface area contributed by atoms with Gasteiger partial charge in [-0.25, -0.2) is 12.8 Å². The Hall–Kier alpha value is -3.40. The number of anilines is 1. The number of amides is 1. The second-order valence-corrected chi connectivity index (χ2v) is 8.00. The van der Waals surface area contributed by atoms with Crippen LogP contribution >= 0.6 is 0 Å². The van der Waals surface area contributed by atoms with Gasteiger partial charge in [-0.1, -0.05) is 12.1 Å². The summed E-state index contributed by atoms with van der Waals surface area (Å²) in [6.45, 7) is 1.26. The smallest absolute Gasteiger partial charge is 0.264 e. The number of amidine groups is 1. The first-order valence-corrected chi connectivity index (χ1v) is 10.3. The number of hydrogen-bond donors (Lipinski definition) is 2. The molecule has 1 amide bonds. The van der Waals surface area contributed by atoms with Gasteiger partial charge < -0.3 is 14.8 Å². The van der Waals surface area contributed by atoms with Gasteiger partial charge in [-0.2, -0.15) is 0 Å². The van der Waals surface area contributed by atoms with E-state index in [2.05, 4.69) is 15.0 Å². The number of carbonyl (C=O) groups excluding carboxylic acids is 1. The molecule has 0 aromatic heterocycles. The summed E-state index contributed by atoms with van der Waals surface area (Å²) in [5.41, 5.74) is 1.12. The Kier molecular flexibility index (Phi) is 6.06. The topological polar surface area (TPSA) is 106 Å². The Morgan fingerprint density at radius 1 is 1.10 bits per heavy atom. The molecule has 3 rings (SSSR count). The van der Waals surface area contributed by atoms with Crippen LogP contribution in [0.25, 0.3) is 4.91 Å². The highest BCUT2D eigenvalue weighted by molar-refractivity contribution is 8.00. The van der Waals surface area contributed by atoms with E-state index in [9.17, 15) is 17.6 Å². The van der Waals surface area contributed by atoms with Crippen molar-refractivity contribution in [2.45, 2.75) is 6.92 Å². The molecular formula is C20H20FN3O5S. The van der Waals surface area contributed by atoms with Crippen LogP contribution in [0.2, 0.25) is 0 Å². The van der Waals surface area contributed by atoms with E-state index in [1.807, 2.05) is 0 Å². The highest BCUT2D eigenvalue weighted by Crippen LogP contribution is 2.30. The second kappa shape index (κ2) is 8.54. The fourth-order valence-corrected chi connectivity index (χ4v) is 4.44. The zero-order valence-electron chi connectivity index (χ0n) is 16.5. The summed E-state index contributed by atoms with van der Waals surface area (Å²) in [5, 5.41) is 2.66. The third-order valence-corrected chi connectivity index (χ3v) is 5.86. The lowest BCUT2D eigenvalue weighted by Gasteiger charge is -2.09. The third kappa shape index (κ3) is 4.60. The van der Waals surface area contributed by atoms with Gasteiger partial charge in [0.15, 0.2) is 0 Å². The van der Waals surface area contributed by atoms with E-state index in [-0.39, 0.29) is 17.3 Å². The van der Waals surface area contributed by atoms with E-state index in [1.165, 1.54) is 38.5 Å². The molecule has 2 N–H and O–H groups in total. The molecular weight excluding hydrogens is 413 g/mol.